The van der Waals surface area contributed by atoms with Crippen LogP contribution >= 0.6 is 11.6 Å². The molecular weight excluding hydrogens is 418 g/mol. The molecule has 2 N–H and O–H groups in total. The van der Waals surface area contributed by atoms with E-state index in [2.05, 4.69) is 25.7 Å². The molecule has 0 amide bonds. The van der Waals surface area contributed by atoms with Crippen LogP contribution in [-0.2, 0) is 18.3 Å². The van der Waals surface area contributed by atoms with Crippen molar-refractivity contribution in [1.82, 2.24) is 30.3 Å². The van der Waals surface area contributed by atoms with Crippen LogP contribution in [0.25, 0.3) is 0 Å². The number of nitrogens with zero attached hydrogens (tertiary/aromatic N) is 5. The van der Waals surface area contributed by atoms with Crippen LogP contribution in [0, 0.1) is 6.92 Å². The molecule has 1 saturated heterocycles. The molecule has 1 aromatic heterocycles. The van der Waals surface area contributed by atoms with Gasteiger partial charge in [-0.05, 0) is 38.1 Å². The van der Waals surface area contributed by atoms with Crippen molar-refractivity contribution in [2.45, 2.75) is 26.5 Å². The monoisotopic (exact) mass is 449 g/mol. The molecule has 0 saturated carbocycles. The minimum Gasteiger partial charge on any atom is -0.489 e. The number of nitrogens with one attached hydrogen (secondary N) is 2. The van der Waals surface area contributed by atoms with E-state index < -0.39 is 0 Å². The third-order valence-corrected chi connectivity index (χ3v) is 5.35. The van der Waals surface area contributed by atoms with E-state index in [1.807, 2.05) is 49.7 Å². The molecular formula is C21H32ClN7O2. The number of halogens is 1. The van der Waals surface area contributed by atoms with Gasteiger partial charge in [0, 0.05) is 38.2 Å². The third-order valence-electron chi connectivity index (χ3n) is 5.09. The van der Waals surface area contributed by atoms with Crippen LogP contribution in [0.2, 0.25) is 5.02 Å². The number of aryl methyl sites for hydroxylation is 1. The number of aromatic nitrogens is 3. The van der Waals surface area contributed by atoms with E-state index in [-0.39, 0.29) is 6.10 Å². The molecule has 0 radical (unpaired) electrons. The molecule has 2 heterocycles. The van der Waals surface area contributed by atoms with Gasteiger partial charge in [0.05, 0.1) is 19.8 Å². The standard InChI is InChI=1S/C21H32ClN7O2/c1-16(31-19-6-4-18(22)5-7-19)14-24-21(23-8-9-29-10-12-30-13-11-29)25-15-20-27-26-17(2)28(20)3/h4-7,16H,8-15H2,1-3H3,(H2,23,24,25). The average Bonchev–Trinajstić information content (AvgIpc) is 3.10. The number of ether oxygens (including phenoxy) is 2. The molecule has 3 rings (SSSR count). The average molecular weight is 450 g/mol. The zero-order valence-electron chi connectivity index (χ0n) is 18.5. The van der Waals surface area contributed by atoms with Gasteiger partial charge in [0.15, 0.2) is 11.8 Å². The largest absolute Gasteiger partial charge is 0.489 e. The van der Waals surface area contributed by atoms with E-state index in [1.165, 1.54) is 0 Å². The zero-order valence-corrected chi connectivity index (χ0v) is 19.2. The first kappa shape index (κ1) is 23.3. The van der Waals surface area contributed by atoms with Gasteiger partial charge in [0.25, 0.3) is 0 Å². The summed E-state index contributed by atoms with van der Waals surface area (Å²) in [5.74, 6) is 3.19. The Labute approximate surface area is 188 Å². The fraction of sp³-hybridized carbons (Fsp3) is 0.571. The molecule has 1 fully saturated rings. The van der Waals surface area contributed by atoms with Crippen LogP contribution in [0.4, 0.5) is 0 Å². The van der Waals surface area contributed by atoms with Gasteiger partial charge in [0.2, 0.25) is 0 Å². The minimum absolute atomic E-state index is 0.0514. The molecule has 31 heavy (non-hydrogen) atoms. The highest BCUT2D eigenvalue weighted by atomic mass is 35.5. The highest BCUT2D eigenvalue weighted by molar-refractivity contribution is 6.30. The highest BCUT2D eigenvalue weighted by Crippen LogP contribution is 2.16. The van der Waals surface area contributed by atoms with Gasteiger partial charge in [-0.15, -0.1) is 10.2 Å². The second kappa shape index (κ2) is 11.9. The summed E-state index contributed by atoms with van der Waals surface area (Å²) in [5, 5.41) is 15.8. The van der Waals surface area contributed by atoms with Crippen molar-refractivity contribution in [1.29, 1.82) is 0 Å². The lowest BCUT2D eigenvalue weighted by Gasteiger charge is -2.27. The maximum absolute atomic E-state index is 5.95. The molecule has 1 aromatic carbocycles. The Morgan fingerprint density at radius 2 is 1.97 bits per heavy atom. The predicted octanol–water partition coefficient (Wildman–Crippen LogP) is 1.61. The number of benzene rings is 1. The second-order valence-electron chi connectivity index (χ2n) is 7.53. The topological polar surface area (TPSA) is 88.8 Å². The summed E-state index contributed by atoms with van der Waals surface area (Å²) in [4.78, 5) is 7.08. The van der Waals surface area contributed by atoms with Crippen molar-refractivity contribution in [2.24, 2.45) is 12.0 Å². The van der Waals surface area contributed by atoms with E-state index >= 15 is 0 Å². The summed E-state index contributed by atoms with van der Waals surface area (Å²) in [5.41, 5.74) is 0. The smallest absolute Gasteiger partial charge is 0.191 e. The van der Waals surface area contributed by atoms with Gasteiger partial charge in [0.1, 0.15) is 24.2 Å². The zero-order chi connectivity index (χ0) is 22.1. The summed E-state index contributed by atoms with van der Waals surface area (Å²) in [6, 6.07) is 7.37. The quantitative estimate of drug-likeness (QED) is 0.444. The van der Waals surface area contributed by atoms with Crippen molar-refractivity contribution in [3.63, 3.8) is 0 Å². The first-order chi connectivity index (χ1) is 15.0. The summed E-state index contributed by atoms with van der Waals surface area (Å²) < 4.78 is 13.3. The van der Waals surface area contributed by atoms with Crippen molar-refractivity contribution in [2.75, 3.05) is 45.9 Å². The minimum atomic E-state index is -0.0514. The fourth-order valence-electron chi connectivity index (χ4n) is 3.10. The summed E-state index contributed by atoms with van der Waals surface area (Å²) in [6.45, 7) is 10.2. The van der Waals surface area contributed by atoms with Gasteiger partial charge in [-0.3, -0.25) is 4.90 Å². The SMILES string of the molecule is Cc1nnc(CN=C(NCCN2CCOCC2)NCC(C)Oc2ccc(Cl)cc2)n1C. The molecule has 170 valence electrons. The Hall–Kier alpha value is -2.36. The maximum atomic E-state index is 5.95. The Bertz CT molecular complexity index is 835. The Balaban J connectivity index is 1.53. The van der Waals surface area contributed by atoms with Crippen molar-refractivity contribution < 1.29 is 9.47 Å². The lowest BCUT2D eigenvalue weighted by Crippen LogP contribution is -2.46. The molecule has 0 aliphatic carbocycles. The summed E-state index contributed by atoms with van der Waals surface area (Å²) in [6.07, 6.45) is -0.0514. The van der Waals surface area contributed by atoms with E-state index in [4.69, 9.17) is 26.1 Å². The maximum Gasteiger partial charge on any atom is 0.191 e. The highest BCUT2D eigenvalue weighted by Gasteiger charge is 2.11. The molecule has 1 unspecified atom stereocenters. The first-order valence-corrected chi connectivity index (χ1v) is 11.0. The van der Waals surface area contributed by atoms with E-state index in [0.717, 1.165) is 62.8 Å². The molecule has 1 aliphatic rings. The van der Waals surface area contributed by atoms with Crippen LogP contribution in [-0.4, -0.2) is 77.7 Å². The molecule has 1 aliphatic heterocycles. The third kappa shape index (κ3) is 7.68. The molecule has 1 atom stereocenters. The van der Waals surface area contributed by atoms with E-state index in [9.17, 15) is 0 Å². The van der Waals surface area contributed by atoms with Crippen LogP contribution in [0.5, 0.6) is 5.75 Å². The Morgan fingerprint density at radius 3 is 2.65 bits per heavy atom. The van der Waals surface area contributed by atoms with Crippen molar-refractivity contribution in [3.8, 4) is 5.75 Å². The molecule has 9 nitrogen and oxygen atoms in total. The fourth-order valence-corrected chi connectivity index (χ4v) is 3.22. The Morgan fingerprint density at radius 1 is 1.23 bits per heavy atom. The van der Waals surface area contributed by atoms with Crippen LogP contribution in [0.1, 0.15) is 18.6 Å². The van der Waals surface area contributed by atoms with E-state index in [1.54, 1.807) is 0 Å². The molecule has 0 spiro atoms. The summed E-state index contributed by atoms with van der Waals surface area (Å²) in [7, 11) is 1.95. The van der Waals surface area contributed by atoms with Crippen LogP contribution in [0.15, 0.2) is 29.3 Å². The van der Waals surface area contributed by atoms with Gasteiger partial charge in [-0.2, -0.15) is 0 Å². The Kier molecular flexibility index (Phi) is 8.93. The van der Waals surface area contributed by atoms with Crippen LogP contribution < -0.4 is 15.4 Å². The molecule has 10 heteroatoms. The van der Waals surface area contributed by atoms with Crippen LogP contribution in [0.3, 0.4) is 0 Å². The van der Waals surface area contributed by atoms with Gasteiger partial charge >= 0.3 is 0 Å². The van der Waals surface area contributed by atoms with Gasteiger partial charge in [-0.1, -0.05) is 11.6 Å². The number of rotatable bonds is 9. The van der Waals surface area contributed by atoms with Gasteiger partial charge < -0.3 is 24.7 Å². The number of aliphatic imine (C=N–C) groups is 1. The van der Waals surface area contributed by atoms with Crippen molar-refractivity contribution in [3.05, 3.63) is 40.9 Å². The molecule has 2 aromatic rings. The molecule has 0 bridgehead atoms. The van der Waals surface area contributed by atoms with Gasteiger partial charge in [-0.25, -0.2) is 4.99 Å². The summed E-state index contributed by atoms with van der Waals surface area (Å²) >= 11 is 5.94. The lowest BCUT2D eigenvalue weighted by atomic mass is 10.3. The number of hydrogen-bond acceptors (Lipinski definition) is 6. The number of morpholine rings is 1. The number of guanidine groups is 1. The lowest BCUT2D eigenvalue weighted by molar-refractivity contribution is 0.0389. The number of hydrogen-bond donors (Lipinski definition) is 2. The van der Waals surface area contributed by atoms with E-state index in [0.29, 0.717) is 18.1 Å². The van der Waals surface area contributed by atoms with Crippen molar-refractivity contribution >= 4 is 17.6 Å². The predicted molar refractivity (Wildman–Crippen MR) is 122 cm³/mol. The second-order valence-corrected chi connectivity index (χ2v) is 7.97. The normalized spacial score (nSPS) is 16.2. The first-order valence-electron chi connectivity index (χ1n) is 10.6.